The summed E-state index contributed by atoms with van der Waals surface area (Å²) in [6, 6.07) is 17.2. The van der Waals surface area contributed by atoms with Crippen molar-refractivity contribution < 1.29 is 0 Å². The lowest BCUT2D eigenvalue weighted by atomic mass is 9.99. The van der Waals surface area contributed by atoms with E-state index in [9.17, 15) is 0 Å². The second kappa shape index (κ2) is 5.49. The highest BCUT2D eigenvalue weighted by Gasteiger charge is 1.99. The first-order valence-electron chi connectivity index (χ1n) is 6.05. The molecule has 0 radical (unpaired) electrons. The van der Waals surface area contributed by atoms with Crippen LogP contribution in [-0.4, -0.2) is 0 Å². The summed E-state index contributed by atoms with van der Waals surface area (Å²) < 4.78 is 0. The fraction of sp³-hybridized carbons (Fsp3) is 0.176. The maximum atomic E-state index is 3.80. The molecule has 0 aliphatic rings. The number of rotatable bonds is 4. The molecule has 2 aromatic carbocycles. The molecule has 2 rings (SSSR count). The summed E-state index contributed by atoms with van der Waals surface area (Å²) in [5, 5.41) is 0. The minimum atomic E-state index is 1.10. The van der Waals surface area contributed by atoms with Gasteiger partial charge in [-0.05, 0) is 42.0 Å². The van der Waals surface area contributed by atoms with Crippen molar-refractivity contribution >= 4 is 6.08 Å². The Labute approximate surface area is 104 Å². The van der Waals surface area contributed by atoms with Crippen LogP contribution < -0.4 is 0 Å². The van der Waals surface area contributed by atoms with Gasteiger partial charge in [-0.2, -0.15) is 0 Å². The smallest absolute Gasteiger partial charge is 0.0236 e. The Balaban J connectivity index is 2.07. The van der Waals surface area contributed by atoms with Crippen LogP contribution in [0.1, 0.15) is 22.3 Å². The van der Waals surface area contributed by atoms with Gasteiger partial charge < -0.3 is 0 Å². The molecule has 0 nitrogen and oxygen atoms in total. The first-order valence-corrected chi connectivity index (χ1v) is 6.05. The Bertz CT molecular complexity index is 495. The van der Waals surface area contributed by atoms with E-state index in [0.717, 1.165) is 12.8 Å². The molecule has 0 heterocycles. The van der Waals surface area contributed by atoms with Gasteiger partial charge in [0, 0.05) is 0 Å². The number of aryl methyl sites for hydroxylation is 3. The van der Waals surface area contributed by atoms with Gasteiger partial charge in [0.15, 0.2) is 0 Å². The first-order chi connectivity index (χ1) is 8.29. The van der Waals surface area contributed by atoms with Crippen molar-refractivity contribution in [3.05, 3.63) is 77.4 Å². The highest BCUT2D eigenvalue weighted by molar-refractivity contribution is 5.49. The van der Waals surface area contributed by atoms with Crippen LogP contribution in [0.5, 0.6) is 0 Å². The van der Waals surface area contributed by atoms with Gasteiger partial charge in [-0.15, -0.1) is 0 Å². The predicted octanol–water partition coefficient (Wildman–Crippen LogP) is 4.42. The molecule has 0 N–H and O–H groups in total. The summed E-state index contributed by atoms with van der Waals surface area (Å²) in [5.41, 5.74) is 5.39. The summed E-state index contributed by atoms with van der Waals surface area (Å²) in [6.07, 6.45) is 4.11. The van der Waals surface area contributed by atoms with E-state index in [1.807, 2.05) is 6.08 Å². The highest BCUT2D eigenvalue weighted by Crippen LogP contribution is 2.14. The third-order valence-electron chi connectivity index (χ3n) is 3.13. The van der Waals surface area contributed by atoms with Crippen LogP contribution in [0.3, 0.4) is 0 Å². The molecule has 0 aliphatic carbocycles. The Morgan fingerprint density at radius 2 is 1.76 bits per heavy atom. The molecule has 0 atom stereocenters. The van der Waals surface area contributed by atoms with Gasteiger partial charge in [0.2, 0.25) is 0 Å². The maximum absolute atomic E-state index is 3.80. The third-order valence-corrected chi connectivity index (χ3v) is 3.13. The van der Waals surface area contributed by atoms with Crippen molar-refractivity contribution in [2.45, 2.75) is 19.8 Å². The van der Waals surface area contributed by atoms with Crippen molar-refractivity contribution in [3.8, 4) is 0 Å². The molecule has 2 aromatic rings. The van der Waals surface area contributed by atoms with Crippen LogP contribution in [0.25, 0.3) is 6.08 Å². The van der Waals surface area contributed by atoms with E-state index >= 15 is 0 Å². The zero-order chi connectivity index (χ0) is 12.1. The minimum Gasteiger partial charge on any atom is -0.0985 e. The van der Waals surface area contributed by atoms with E-state index in [2.05, 4.69) is 62.0 Å². The fourth-order valence-electron chi connectivity index (χ4n) is 2.05. The van der Waals surface area contributed by atoms with Gasteiger partial charge in [-0.25, -0.2) is 0 Å². The predicted molar refractivity (Wildman–Crippen MR) is 75.1 cm³/mol. The van der Waals surface area contributed by atoms with Crippen molar-refractivity contribution in [1.82, 2.24) is 0 Å². The summed E-state index contributed by atoms with van der Waals surface area (Å²) in [7, 11) is 0. The lowest BCUT2D eigenvalue weighted by Gasteiger charge is -2.07. The van der Waals surface area contributed by atoms with Crippen LogP contribution in [-0.2, 0) is 12.8 Å². The van der Waals surface area contributed by atoms with E-state index < -0.39 is 0 Å². The quantitative estimate of drug-likeness (QED) is 0.718. The zero-order valence-corrected chi connectivity index (χ0v) is 10.3. The van der Waals surface area contributed by atoms with Crippen LogP contribution in [0.2, 0.25) is 0 Å². The molecule has 0 spiro atoms. The first kappa shape index (κ1) is 11.7. The molecule has 0 saturated carbocycles. The van der Waals surface area contributed by atoms with E-state index in [-0.39, 0.29) is 0 Å². The molecule has 0 fully saturated rings. The minimum absolute atomic E-state index is 1.10. The van der Waals surface area contributed by atoms with Crippen molar-refractivity contribution in [2.75, 3.05) is 0 Å². The normalized spacial score (nSPS) is 10.2. The molecule has 0 aliphatic heterocycles. The van der Waals surface area contributed by atoms with E-state index in [4.69, 9.17) is 0 Å². The second-order valence-corrected chi connectivity index (χ2v) is 4.38. The van der Waals surface area contributed by atoms with Gasteiger partial charge >= 0.3 is 0 Å². The fourth-order valence-corrected chi connectivity index (χ4v) is 2.05. The van der Waals surface area contributed by atoms with E-state index in [0.29, 0.717) is 0 Å². The average Bonchev–Trinajstić information content (AvgIpc) is 2.38. The van der Waals surface area contributed by atoms with Gasteiger partial charge in [0.05, 0.1) is 0 Å². The average molecular weight is 222 g/mol. The van der Waals surface area contributed by atoms with Gasteiger partial charge in [-0.1, -0.05) is 61.2 Å². The van der Waals surface area contributed by atoms with Crippen molar-refractivity contribution in [1.29, 1.82) is 0 Å². The third kappa shape index (κ3) is 3.07. The SMILES string of the molecule is C=Cc1ccc(CCc2ccccc2)c(C)c1. The number of hydrogen-bond acceptors (Lipinski definition) is 0. The van der Waals surface area contributed by atoms with Crippen LogP contribution in [0.4, 0.5) is 0 Å². The Kier molecular flexibility index (Phi) is 3.77. The van der Waals surface area contributed by atoms with E-state index in [1.54, 1.807) is 0 Å². The summed E-state index contributed by atoms with van der Waals surface area (Å²) in [5.74, 6) is 0. The molecule has 0 saturated heterocycles. The molecule has 86 valence electrons. The Hall–Kier alpha value is -1.82. The highest BCUT2D eigenvalue weighted by atomic mass is 14.0. The summed E-state index contributed by atoms with van der Waals surface area (Å²) in [4.78, 5) is 0. The van der Waals surface area contributed by atoms with Crippen molar-refractivity contribution in [2.24, 2.45) is 0 Å². The molecular formula is C17H18. The van der Waals surface area contributed by atoms with Crippen molar-refractivity contribution in [3.63, 3.8) is 0 Å². The lowest BCUT2D eigenvalue weighted by molar-refractivity contribution is 0.949. The monoisotopic (exact) mass is 222 g/mol. The zero-order valence-electron chi connectivity index (χ0n) is 10.3. The maximum Gasteiger partial charge on any atom is -0.0236 e. The standard InChI is InChI=1S/C17H18/c1-3-15-9-11-17(14(2)13-15)12-10-16-7-5-4-6-8-16/h3-9,11,13H,1,10,12H2,2H3. The van der Waals surface area contributed by atoms with Gasteiger partial charge in [0.25, 0.3) is 0 Å². The number of benzene rings is 2. The molecular weight excluding hydrogens is 204 g/mol. The molecule has 0 aromatic heterocycles. The lowest BCUT2D eigenvalue weighted by Crippen LogP contribution is -1.94. The largest absolute Gasteiger partial charge is 0.0985 e. The summed E-state index contributed by atoms with van der Waals surface area (Å²) in [6.45, 7) is 5.97. The van der Waals surface area contributed by atoms with Crippen LogP contribution >= 0.6 is 0 Å². The van der Waals surface area contributed by atoms with Gasteiger partial charge in [-0.3, -0.25) is 0 Å². The van der Waals surface area contributed by atoms with Crippen LogP contribution in [0.15, 0.2) is 55.1 Å². The van der Waals surface area contributed by atoms with E-state index in [1.165, 1.54) is 22.3 Å². The molecule has 0 bridgehead atoms. The topological polar surface area (TPSA) is 0 Å². The second-order valence-electron chi connectivity index (χ2n) is 4.38. The number of hydrogen-bond donors (Lipinski definition) is 0. The Morgan fingerprint density at radius 1 is 1.00 bits per heavy atom. The molecule has 0 unspecified atom stereocenters. The summed E-state index contributed by atoms with van der Waals surface area (Å²) >= 11 is 0. The molecule has 17 heavy (non-hydrogen) atoms. The van der Waals surface area contributed by atoms with Gasteiger partial charge in [0.1, 0.15) is 0 Å². The Morgan fingerprint density at radius 3 is 2.41 bits per heavy atom. The molecule has 0 amide bonds. The molecule has 0 heteroatoms. The van der Waals surface area contributed by atoms with Crippen LogP contribution in [0, 0.1) is 6.92 Å².